The first kappa shape index (κ1) is 18.9. The van der Waals surface area contributed by atoms with Crippen molar-refractivity contribution in [1.82, 2.24) is 4.90 Å². The van der Waals surface area contributed by atoms with E-state index in [0.29, 0.717) is 18.8 Å². The van der Waals surface area contributed by atoms with Crippen LogP contribution in [0.15, 0.2) is 24.3 Å². The molecule has 3 aliphatic rings. The molecule has 3 amide bonds. The average Bonchev–Trinajstić information content (AvgIpc) is 3.45. The first-order valence-electron chi connectivity index (χ1n) is 9.90. The molecular formula is C20H26N4O4. The predicted octanol–water partition coefficient (Wildman–Crippen LogP) is 0.859. The molecule has 150 valence electrons. The fourth-order valence-corrected chi connectivity index (χ4v) is 3.92. The smallest absolute Gasteiger partial charge is 0.253 e. The summed E-state index contributed by atoms with van der Waals surface area (Å²) in [6, 6.07) is 6.63. The Bertz CT molecular complexity index is 758. The van der Waals surface area contributed by atoms with Gasteiger partial charge in [-0.25, -0.2) is 0 Å². The first-order chi connectivity index (χ1) is 13.5. The maximum Gasteiger partial charge on any atom is 0.253 e. The van der Waals surface area contributed by atoms with Crippen LogP contribution in [-0.2, 0) is 19.1 Å². The number of hydrogen-bond acceptors (Lipinski definition) is 5. The van der Waals surface area contributed by atoms with Crippen molar-refractivity contribution in [1.29, 1.82) is 0 Å². The van der Waals surface area contributed by atoms with Crippen molar-refractivity contribution in [2.75, 3.05) is 30.0 Å². The van der Waals surface area contributed by atoms with Crippen LogP contribution in [0, 0.1) is 0 Å². The van der Waals surface area contributed by atoms with E-state index in [2.05, 4.69) is 5.32 Å². The number of hydrogen-bond donors (Lipinski definition) is 2. The molecular weight excluding hydrogens is 360 g/mol. The number of nitrogens with two attached hydrogens (primary N) is 1. The Morgan fingerprint density at radius 3 is 2.36 bits per heavy atom. The molecule has 4 rings (SSSR count). The number of amides is 3. The number of ether oxygens (including phenoxy) is 1. The number of nitrogens with one attached hydrogen (secondary N) is 1. The summed E-state index contributed by atoms with van der Waals surface area (Å²) < 4.78 is 5.14. The van der Waals surface area contributed by atoms with E-state index in [0.717, 1.165) is 37.8 Å². The molecule has 1 atom stereocenters. The van der Waals surface area contributed by atoms with Crippen molar-refractivity contribution in [2.45, 2.75) is 50.2 Å². The monoisotopic (exact) mass is 386 g/mol. The van der Waals surface area contributed by atoms with E-state index in [1.54, 1.807) is 29.2 Å². The highest BCUT2D eigenvalue weighted by Gasteiger charge is 2.45. The number of anilines is 2. The fraction of sp³-hybridized carbons (Fsp3) is 0.550. The maximum atomic E-state index is 12.9. The molecule has 0 aromatic heterocycles. The molecule has 2 aliphatic carbocycles. The lowest BCUT2D eigenvalue weighted by atomic mass is 9.89. The van der Waals surface area contributed by atoms with Gasteiger partial charge in [0.1, 0.15) is 6.61 Å². The van der Waals surface area contributed by atoms with Gasteiger partial charge in [-0.2, -0.15) is 0 Å². The van der Waals surface area contributed by atoms with Crippen LogP contribution in [-0.4, -0.2) is 60.5 Å². The van der Waals surface area contributed by atoms with Gasteiger partial charge >= 0.3 is 0 Å². The molecule has 1 saturated heterocycles. The van der Waals surface area contributed by atoms with Crippen LogP contribution in [0.3, 0.4) is 0 Å². The molecule has 3 N–H and O–H groups in total. The third kappa shape index (κ3) is 3.88. The molecule has 28 heavy (non-hydrogen) atoms. The van der Waals surface area contributed by atoms with Crippen LogP contribution in [0.2, 0.25) is 0 Å². The quantitative estimate of drug-likeness (QED) is 0.676. The minimum absolute atomic E-state index is 0.0803. The minimum atomic E-state index is -0.946. The van der Waals surface area contributed by atoms with Crippen molar-refractivity contribution in [3.8, 4) is 0 Å². The van der Waals surface area contributed by atoms with Gasteiger partial charge in [0, 0.05) is 30.0 Å². The van der Waals surface area contributed by atoms with Gasteiger partial charge in [0.05, 0.1) is 6.61 Å². The highest BCUT2D eigenvalue weighted by Crippen LogP contribution is 2.37. The molecule has 1 aliphatic heterocycles. The number of nitrogens with zero attached hydrogens (tertiary/aromatic N) is 2. The Morgan fingerprint density at radius 1 is 1.14 bits per heavy atom. The molecule has 0 spiro atoms. The van der Waals surface area contributed by atoms with E-state index >= 15 is 0 Å². The summed E-state index contributed by atoms with van der Waals surface area (Å²) in [5.41, 5.74) is 6.94. The van der Waals surface area contributed by atoms with Crippen molar-refractivity contribution in [3.63, 3.8) is 0 Å². The molecule has 8 nitrogen and oxygen atoms in total. The highest BCUT2D eigenvalue weighted by molar-refractivity contribution is 6.09. The molecule has 0 bridgehead atoms. The number of morpholine rings is 1. The van der Waals surface area contributed by atoms with Crippen LogP contribution in [0.5, 0.6) is 0 Å². The van der Waals surface area contributed by atoms with E-state index in [9.17, 15) is 14.4 Å². The van der Waals surface area contributed by atoms with Crippen molar-refractivity contribution < 1.29 is 19.1 Å². The fourth-order valence-electron chi connectivity index (χ4n) is 3.92. The number of rotatable bonds is 7. The minimum Gasteiger partial charge on any atom is -0.370 e. The van der Waals surface area contributed by atoms with Gasteiger partial charge in [0.2, 0.25) is 5.91 Å². The molecule has 1 heterocycles. The lowest BCUT2D eigenvalue weighted by Gasteiger charge is -2.40. The van der Waals surface area contributed by atoms with Gasteiger partial charge < -0.3 is 20.7 Å². The summed E-state index contributed by atoms with van der Waals surface area (Å²) in [5.74, 6) is -1.08. The second-order valence-electron chi connectivity index (χ2n) is 7.70. The molecule has 1 aromatic carbocycles. The zero-order chi connectivity index (χ0) is 19.7. The third-order valence-corrected chi connectivity index (χ3v) is 5.71. The van der Waals surface area contributed by atoms with Crippen LogP contribution in [0.25, 0.3) is 0 Å². The number of carbonyl (C=O) groups is 3. The Morgan fingerprint density at radius 2 is 1.82 bits per heavy atom. The summed E-state index contributed by atoms with van der Waals surface area (Å²) in [6.07, 6.45) is 5.17. The van der Waals surface area contributed by atoms with Crippen molar-refractivity contribution >= 4 is 29.1 Å². The lowest BCUT2D eigenvalue weighted by molar-refractivity contribution is -0.135. The lowest BCUT2D eigenvalue weighted by Crippen LogP contribution is -2.58. The van der Waals surface area contributed by atoms with Gasteiger partial charge in [-0.1, -0.05) is 6.42 Å². The largest absolute Gasteiger partial charge is 0.370 e. The number of carbonyl (C=O) groups excluding carboxylic acids is 3. The van der Waals surface area contributed by atoms with Crippen molar-refractivity contribution in [3.05, 3.63) is 24.3 Å². The third-order valence-electron chi connectivity index (χ3n) is 5.71. The summed E-state index contributed by atoms with van der Waals surface area (Å²) in [7, 11) is 0. The van der Waals surface area contributed by atoms with Gasteiger partial charge in [-0.05, 0) is 49.9 Å². The SMILES string of the molecule is NC(=O)[C@H](C(=O)Nc1ccc(N2CCOCC2=O)cc1)N(C1CCC1)C1CC1. The van der Waals surface area contributed by atoms with E-state index in [4.69, 9.17) is 10.5 Å². The van der Waals surface area contributed by atoms with Crippen LogP contribution >= 0.6 is 0 Å². The van der Waals surface area contributed by atoms with Gasteiger partial charge in [-0.3, -0.25) is 19.3 Å². The summed E-state index contributed by atoms with van der Waals surface area (Å²) in [4.78, 5) is 40.6. The molecule has 3 fully saturated rings. The van der Waals surface area contributed by atoms with Gasteiger partial charge in [0.25, 0.3) is 11.8 Å². The second-order valence-corrected chi connectivity index (χ2v) is 7.70. The standard InChI is InChI=1S/C20H26N4O4/c21-19(26)18(24(16-8-9-16)15-2-1-3-15)20(27)22-13-4-6-14(7-5-13)23-10-11-28-12-17(23)25/h4-7,15-16,18H,1-3,8-12H2,(H2,21,26)(H,22,27)/t18-/m1/s1. The average molecular weight is 386 g/mol. The zero-order valence-corrected chi connectivity index (χ0v) is 15.8. The van der Waals surface area contributed by atoms with E-state index in [1.165, 1.54) is 0 Å². The molecule has 8 heteroatoms. The Hall–Kier alpha value is -2.45. The van der Waals surface area contributed by atoms with Gasteiger partial charge in [-0.15, -0.1) is 0 Å². The van der Waals surface area contributed by atoms with E-state index in [-0.39, 0.29) is 30.5 Å². The number of primary amides is 1. The molecule has 1 aromatic rings. The van der Waals surface area contributed by atoms with Crippen LogP contribution in [0.1, 0.15) is 32.1 Å². The number of benzene rings is 1. The molecule has 2 saturated carbocycles. The topological polar surface area (TPSA) is 105 Å². The van der Waals surface area contributed by atoms with Crippen molar-refractivity contribution in [2.24, 2.45) is 5.73 Å². The Kier molecular flexibility index (Phi) is 5.32. The predicted molar refractivity (Wildman–Crippen MR) is 104 cm³/mol. The van der Waals surface area contributed by atoms with E-state index in [1.807, 2.05) is 4.90 Å². The van der Waals surface area contributed by atoms with Gasteiger partial charge in [0.15, 0.2) is 6.04 Å². The second kappa shape index (κ2) is 7.89. The Labute approximate surface area is 164 Å². The summed E-state index contributed by atoms with van der Waals surface area (Å²) >= 11 is 0. The maximum absolute atomic E-state index is 12.9. The van der Waals surface area contributed by atoms with Crippen LogP contribution < -0.4 is 16.0 Å². The summed E-state index contributed by atoms with van der Waals surface area (Å²) in [6.45, 7) is 1.09. The Balaban J connectivity index is 1.45. The highest BCUT2D eigenvalue weighted by atomic mass is 16.5. The normalized spacial score (nSPS) is 21.3. The van der Waals surface area contributed by atoms with E-state index < -0.39 is 11.9 Å². The van der Waals surface area contributed by atoms with Crippen LogP contribution in [0.4, 0.5) is 11.4 Å². The first-order valence-corrected chi connectivity index (χ1v) is 9.90. The molecule has 0 radical (unpaired) electrons. The summed E-state index contributed by atoms with van der Waals surface area (Å²) in [5, 5.41) is 2.82. The zero-order valence-electron chi connectivity index (χ0n) is 15.8. The molecule has 0 unspecified atom stereocenters.